The van der Waals surface area contributed by atoms with Crippen molar-refractivity contribution in [1.82, 2.24) is 25.1 Å². The molecule has 2 heterocycles. The van der Waals surface area contributed by atoms with Crippen LogP contribution in [0.25, 0.3) is 11.0 Å². The zero-order valence-corrected chi connectivity index (χ0v) is 14.1. The summed E-state index contributed by atoms with van der Waals surface area (Å²) in [7, 11) is 1.67. The zero-order chi connectivity index (χ0) is 18.9. The minimum absolute atomic E-state index is 0.0245. The number of rotatable bonds is 2. The summed E-state index contributed by atoms with van der Waals surface area (Å²) in [5.74, 6) is 0.201. The number of carbonyl (C=O) groups excluding carboxylic acids is 2. The molecule has 1 aliphatic rings. The summed E-state index contributed by atoms with van der Waals surface area (Å²) >= 11 is 0. The van der Waals surface area contributed by atoms with Crippen molar-refractivity contribution < 1.29 is 22.8 Å². The molecule has 0 radical (unpaired) electrons. The van der Waals surface area contributed by atoms with Crippen LogP contribution in [-0.2, 0) is 24.6 Å². The maximum Gasteiger partial charge on any atom is 0.416 e. The van der Waals surface area contributed by atoms with Crippen LogP contribution < -0.4 is 10.6 Å². The number of hydrogen-bond acceptors (Lipinski definition) is 3. The minimum atomic E-state index is -4.44. The fourth-order valence-electron chi connectivity index (χ4n) is 2.83. The van der Waals surface area contributed by atoms with Crippen molar-refractivity contribution in [2.24, 2.45) is 7.05 Å². The summed E-state index contributed by atoms with van der Waals surface area (Å²) in [5.41, 5.74) is -0.0219. The number of benzene rings is 1. The molecule has 140 valence electrons. The van der Waals surface area contributed by atoms with E-state index in [1.165, 1.54) is 11.0 Å². The standard InChI is InChI=1S/C16H18F3N5O2/c1-23-12-4-3-10(16(17,18)19)7-11(12)22-13(23)8-21-15(26)24-6-2-5-20-14(25)9-24/h3-4,7H,2,5-6,8-9H2,1H3,(H,20,25)(H,21,26). The van der Waals surface area contributed by atoms with Gasteiger partial charge >= 0.3 is 12.2 Å². The fourth-order valence-corrected chi connectivity index (χ4v) is 2.83. The molecule has 1 aromatic heterocycles. The normalized spacial score (nSPS) is 15.7. The first kappa shape index (κ1) is 18.0. The molecule has 0 saturated carbocycles. The number of fused-ring (bicyclic) bond motifs is 1. The van der Waals surface area contributed by atoms with Crippen LogP contribution in [0.15, 0.2) is 18.2 Å². The van der Waals surface area contributed by atoms with Gasteiger partial charge in [0.05, 0.1) is 23.1 Å². The lowest BCUT2D eigenvalue weighted by Gasteiger charge is -2.19. The van der Waals surface area contributed by atoms with Gasteiger partial charge in [0.2, 0.25) is 5.91 Å². The van der Waals surface area contributed by atoms with E-state index in [1.807, 2.05) is 0 Å². The summed E-state index contributed by atoms with van der Waals surface area (Å²) in [4.78, 5) is 29.3. The van der Waals surface area contributed by atoms with Gasteiger partial charge in [0.15, 0.2) is 0 Å². The van der Waals surface area contributed by atoms with Gasteiger partial charge in [-0.15, -0.1) is 0 Å². The summed E-state index contributed by atoms with van der Waals surface area (Å²) in [6, 6.07) is 2.93. The Kier molecular flexibility index (Phi) is 4.75. The van der Waals surface area contributed by atoms with Crippen LogP contribution in [-0.4, -0.2) is 46.0 Å². The highest BCUT2D eigenvalue weighted by atomic mass is 19.4. The number of amides is 3. The topological polar surface area (TPSA) is 79.3 Å². The molecule has 1 aliphatic heterocycles. The van der Waals surface area contributed by atoms with Gasteiger partial charge in [0, 0.05) is 20.1 Å². The molecule has 1 aromatic carbocycles. The van der Waals surface area contributed by atoms with Crippen LogP contribution in [0.2, 0.25) is 0 Å². The molecule has 0 unspecified atom stereocenters. The minimum Gasteiger partial charge on any atom is -0.354 e. The summed E-state index contributed by atoms with van der Waals surface area (Å²) in [6.07, 6.45) is -3.78. The number of aryl methyl sites for hydroxylation is 1. The molecule has 0 atom stereocenters. The van der Waals surface area contributed by atoms with E-state index in [4.69, 9.17) is 0 Å². The Morgan fingerprint density at radius 1 is 1.38 bits per heavy atom. The van der Waals surface area contributed by atoms with Crippen LogP contribution in [0.4, 0.5) is 18.0 Å². The van der Waals surface area contributed by atoms with Gasteiger partial charge in [-0.25, -0.2) is 9.78 Å². The predicted octanol–water partition coefficient (Wildman–Crippen LogP) is 1.62. The molecule has 0 aliphatic carbocycles. The van der Waals surface area contributed by atoms with Gasteiger partial charge in [-0.3, -0.25) is 4.79 Å². The molecule has 0 spiro atoms. The van der Waals surface area contributed by atoms with Crippen molar-refractivity contribution >= 4 is 23.0 Å². The lowest BCUT2D eigenvalue weighted by atomic mass is 10.2. The van der Waals surface area contributed by atoms with E-state index in [0.29, 0.717) is 30.9 Å². The Balaban J connectivity index is 1.73. The van der Waals surface area contributed by atoms with Crippen molar-refractivity contribution in [3.63, 3.8) is 0 Å². The third kappa shape index (κ3) is 3.73. The molecule has 26 heavy (non-hydrogen) atoms. The van der Waals surface area contributed by atoms with Gasteiger partial charge in [-0.05, 0) is 24.6 Å². The van der Waals surface area contributed by atoms with E-state index in [1.54, 1.807) is 11.6 Å². The third-order valence-corrected chi connectivity index (χ3v) is 4.25. The molecule has 7 nitrogen and oxygen atoms in total. The van der Waals surface area contributed by atoms with Gasteiger partial charge < -0.3 is 20.1 Å². The fraction of sp³-hybridized carbons (Fsp3) is 0.438. The Labute approximate surface area is 147 Å². The first-order chi connectivity index (χ1) is 12.3. The molecular formula is C16H18F3N5O2. The highest BCUT2D eigenvalue weighted by Crippen LogP contribution is 2.31. The van der Waals surface area contributed by atoms with Crippen molar-refractivity contribution in [3.05, 3.63) is 29.6 Å². The second-order valence-electron chi connectivity index (χ2n) is 6.07. The van der Waals surface area contributed by atoms with E-state index in [-0.39, 0.29) is 24.5 Å². The number of alkyl halides is 3. The number of carbonyl (C=O) groups is 2. The molecule has 3 amide bonds. The molecule has 3 rings (SSSR count). The molecule has 2 aromatic rings. The maximum atomic E-state index is 12.8. The monoisotopic (exact) mass is 369 g/mol. The number of halogens is 3. The van der Waals surface area contributed by atoms with E-state index in [2.05, 4.69) is 15.6 Å². The largest absolute Gasteiger partial charge is 0.416 e. The van der Waals surface area contributed by atoms with Crippen LogP contribution in [0.1, 0.15) is 17.8 Å². The Hall–Kier alpha value is -2.78. The third-order valence-electron chi connectivity index (χ3n) is 4.25. The number of nitrogens with zero attached hydrogens (tertiary/aromatic N) is 3. The van der Waals surface area contributed by atoms with Crippen LogP contribution in [0.3, 0.4) is 0 Å². The second kappa shape index (κ2) is 6.85. The average molecular weight is 369 g/mol. The number of urea groups is 1. The molecule has 2 N–H and O–H groups in total. The van der Waals surface area contributed by atoms with Gasteiger partial charge in [0.25, 0.3) is 0 Å². The van der Waals surface area contributed by atoms with Crippen LogP contribution in [0.5, 0.6) is 0 Å². The van der Waals surface area contributed by atoms with Crippen molar-refractivity contribution in [3.8, 4) is 0 Å². The second-order valence-corrected chi connectivity index (χ2v) is 6.07. The SMILES string of the molecule is Cn1c(CNC(=O)N2CCCNC(=O)C2)nc2cc(C(F)(F)F)ccc21. The molecular weight excluding hydrogens is 351 g/mol. The van der Waals surface area contributed by atoms with E-state index < -0.39 is 17.8 Å². The highest BCUT2D eigenvalue weighted by molar-refractivity contribution is 5.84. The summed E-state index contributed by atoms with van der Waals surface area (Å²) < 4.78 is 40.1. The van der Waals surface area contributed by atoms with Crippen molar-refractivity contribution in [2.75, 3.05) is 19.6 Å². The predicted molar refractivity (Wildman–Crippen MR) is 87.2 cm³/mol. The van der Waals surface area contributed by atoms with Gasteiger partial charge in [-0.1, -0.05) is 0 Å². The van der Waals surface area contributed by atoms with E-state index in [0.717, 1.165) is 12.1 Å². The van der Waals surface area contributed by atoms with Gasteiger partial charge in [0.1, 0.15) is 12.4 Å². The zero-order valence-electron chi connectivity index (χ0n) is 14.1. The van der Waals surface area contributed by atoms with Crippen LogP contribution in [0, 0.1) is 0 Å². The van der Waals surface area contributed by atoms with E-state index >= 15 is 0 Å². The highest BCUT2D eigenvalue weighted by Gasteiger charge is 2.31. The summed E-state index contributed by atoms with van der Waals surface area (Å²) in [5, 5.41) is 5.34. The van der Waals surface area contributed by atoms with Crippen molar-refractivity contribution in [1.29, 1.82) is 0 Å². The molecule has 1 saturated heterocycles. The number of hydrogen-bond donors (Lipinski definition) is 2. The quantitative estimate of drug-likeness (QED) is 0.844. The number of nitrogens with one attached hydrogen (secondary N) is 2. The number of aromatic nitrogens is 2. The van der Waals surface area contributed by atoms with Gasteiger partial charge in [-0.2, -0.15) is 13.2 Å². The smallest absolute Gasteiger partial charge is 0.354 e. The molecule has 10 heteroatoms. The van der Waals surface area contributed by atoms with E-state index in [9.17, 15) is 22.8 Å². The molecule has 0 bridgehead atoms. The Bertz CT molecular complexity index is 846. The summed E-state index contributed by atoms with van der Waals surface area (Å²) in [6.45, 7) is 0.990. The number of imidazole rings is 1. The first-order valence-corrected chi connectivity index (χ1v) is 8.08. The average Bonchev–Trinajstić information content (AvgIpc) is 2.74. The lowest BCUT2D eigenvalue weighted by molar-refractivity contribution is -0.137. The Morgan fingerprint density at radius 3 is 2.88 bits per heavy atom. The lowest BCUT2D eigenvalue weighted by Crippen LogP contribution is -2.43. The first-order valence-electron chi connectivity index (χ1n) is 8.08. The van der Waals surface area contributed by atoms with Crippen molar-refractivity contribution in [2.45, 2.75) is 19.1 Å². The maximum absolute atomic E-state index is 12.8. The molecule has 1 fully saturated rings. The Morgan fingerprint density at radius 2 is 2.15 bits per heavy atom. The van der Waals surface area contributed by atoms with Crippen LogP contribution >= 0.6 is 0 Å².